The van der Waals surface area contributed by atoms with Gasteiger partial charge in [-0.15, -0.1) is 21.5 Å². The summed E-state index contributed by atoms with van der Waals surface area (Å²) in [5.74, 6) is 2.40. The Labute approximate surface area is 180 Å². The SMILES string of the molecule is COc1cccc(-c2nc(CSc3nnc(-c4cccc(Cl)c4)o3)cs2)c1OC. The Hall–Kier alpha value is -2.55. The Morgan fingerprint density at radius 2 is 1.97 bits per heavy atom. The standard InChI is InChI=1S/C20H16ClN3O3S2/c1-25-16-8-4-7-15(17(16)26-2)19-22-14(10-28-19)11-29-20-24-23-18(27-20)12-5-3-6-13(21)9-12/h3-10H,11H2,1-2H3. The first-order valence-electron chi connectivity index (χ1n) is 8.56. The predicted octanol–water partition coefficient (Wildman–Crippen LogP) is 5.82. The molecule has 29 heavy (non-hydrogen) atoms. The molecular weight excluding hydrogens is 430 g/mol. The van der Waals surface area contributed by atoms with Gasteiger partial charge in [-0.1, -0.05) is 35.5 Å². The van der Waals surface area contributed by atoms with Gasteiger partial charge in [0.05, 0.1) is 25.5 Å². The molecule has 0 saturated heterocycles. The fourth-order valence-electron chi connectivity index (χ4n) is 2.69. The Morgan fingerprint density at radius 3 is 2.76 bits per heavy atom. The Morgan fingerprint density at radius 1 is 1.10 bits per heavy atom. The van der Waals surface area contributed by atoms with Crippen LogP contribution in [0.1, 0.15) is 5.69 Å². The zero-order valence-corrected chi connectivity index (χ0v) is 18.0. The molecule has 0 aliphatic heterocycles. The third kappa shape index (κ3) is 4.39. The molecule has 4 rings (SSSR count). The van der Waals surface area contributed by atoms with Crippen LogP contribution in [0.2, 0.25) is 5.02 Å². The van der Waals surface area contributed by atoms with Crippen molar-refractivity contribution in [3.05, 3.63) is 58.6 Å². The predicted molar refractivity (Wildman–Crippen MR) is 115 cm³/mol. The minimum atomic E-state index is 0.440. The van der Waals surface area contributed by atoms with Gasteiger partial charge in [0.2, 0.25) is 5.89 Å². The molecule has 0 saturated carbocycles. The minimum Gasteiger partial charge on any atom is -0.493 e. The number of aromatic nitrogens is 3. The molecule has 0 radical (unpaired) electrons. The van der Waals surface area contributed by atoms with Crippen LogP contribution in [0.5, 0.6) is 11.5 Å². The fourth-order valence-corrected chi connectivity index (χ4v) is 4.49. The maximum absolute atomic E-state index is 6.02. The molecule has 0 aliphatic carbocycles. The lowest BCUT2D eigenvalue weighted by atomic mass is 10.2. The van der Waals surface area contributed by atoms with Gasteiger partial charge in [-0.2, -0.15) is 0 Å². The number of ether oxygens (including phenoxy) is 2. The number of hydrogen-bond acceptors (Lipinski definition) is 8. The molecule has 0 unspecified atom stereocenters. The van der Waals surface area contributed by atoms with Crippen molar-refractivity contribution in [1.29, 1.82) is 0 Å². The summed E-state index contributed by atoms with van der Waals surface area (Å²) in [4.78, 5) is 4.71. The smallest absolute Gasteiger partial charge is 0.277 e. The quantitative estimate of drug-likeness (QED) is 0.332. The van der Waals surface area contributed by atoms with Gasteiger partial charge in [0.25, 0.3) is 5.22 Å². The molecule has 0 aliphatic rings. The lowest BCUT2D eigenvalue weighted by Gasteiger charge is -2.10. The Bertz CT molecular complexity index is 1130. The monoisotopic (exact) mass is 445 g/mol. The molecule has 6 nitrogen and oxygen atoms in total. The third-order valence-corrected chi connectivity index (χ3v) is 6.02. The first-order valence-corrected chi connectivity index (χ1v) is 10.8. The van der Waals surface area contributed by atoms with E-state index in [4.69, 9.17) is 30.5 Å². The highest BCUT2D eigenvalue weighted by Gasteiger charge is 2.15. The average Bonchev–Trinajstić information content (AvgIpc) is 3.41. The summed E-state index contributed by atoms with van der Waals surface area (Å²) in [6.45, 7) is 0. The lowest BCUT2D eigenvalue weighted by Crippen LogP contribution is -1.93. The van der Waals surface area contributed by atoms with Gasteiger partial charge in [-0.05, 0) is 30.3 Å². The maximum Gasteiger partial charge on any atom is 0.277 e. The topological polar surface area (TPSA) is 70.3 Å². The van der Waals surface area contributed by atoms with E-state index in [1.165, 1.54) is 11.8 Å². The second-order valence-corrected chi connectivity index (χ2v) is 8.08. The number of thioether (sulfide) groups is 1. The number of hydrogen-bond donors (Lipinski definition) is 0. The first-order chi connectivity index (χ1) is 14.2. The molecule has 0 N–H and O–H groups in total. The van der Waals surface area contributed by atoms with Crippen LogP contribution >= 0.6 is 34.7 Å². The van der Waals surface area contributed by atoms with Crippen LogP contribution in [0.15, 0.2) is 57.5 Å². The number of methoxy groups -OCH3 is 2. The van der Waals surface area contributed by atoms with E-state index in [0.29, 0.717) is 33.4 Å². The number of nitrogens with zero attached hydrogens (tertiary/aromatic N) is 3. The van der Waals surface area contributed by atoms with Gasteiger partial charge in [0.1, 0.15) is 5.01 Å². The second-order valence-electron chi connectivity index (χ2n) is 5.86. The molecule has 4 aromatic rings. The number of rotatable bonds is 7. The van der Waals surface area contributed by atoms with E-state index in [2.05, 4.69) is 10.2 Å². The number of para-hydroxylation sites is 1. The first kappa shape index (κ1) is 19.8. The van der Waals surface area contributed by atoms with Crippen molar-refractivity contribution in [1.82, 2.24) is 15.2 Å². The van der Waals surface area contributed by atoms with Gasteiger partial charge in [0.15, 0.2) is 11.5 Å². The molecule has 0 spiro atoms. The van der Waals surface area contributed by atoms with Crippen molar-refractivity contribution >= 4 is 34.7 Å². The van der Waals surface area contributed by atoms with Crippen molar-refractivity contribution < 1.29 is 13.9 Å². The van der Waals surface area contributed by atoms with Crippen LogP contribution < -0.4 is 9.47 Å². The van der Waals surface area contributed by atoms with Gasteiger partial charge in [-0.3, -0.25) is 0 Å². The van der Waals surface area contributed by atoms with Crippen LogP contribution in [0, 0.1) is 0 Å². The van der Waals surface area contributed by atoms with Gasteiger partial charge in [0, 0.05) is 21.7 Å². The number of halogens is 1. The average molecular weight is 446 g/mol. The molecule has 0 fully saturated rings. The van der Waals surface area contributed by atoms with E-state index in [9.17, 15) is 0 Å². The van der Waals surface area contributed by atoms with E-state index in [1.807, 2.05) is 35.7 Å². The van der Waals surface area contributed by atoms with Crippen molar-refractivity contribution in [2.75, 3.05) is 14.2 Å². The number of thiazole rings is 1. The highest BCUT2D eigenvalue weighted by Crippen LogP contribution is 2.39. The summed E-state index contributed by atoms with van der Waals surface area (Å²) in [6.07, 6.45) is 0. The van der Waals surface area contributed by atoms with Crippen molar-refractivity contribution in [3.63, 3.8) is 0 Å². The molecule has 2 aromatic carbocycles. The molecule has 0 bridgehead atoms. The van der Waals surface area contributed by atoms with E-state index < -0.39 is 0 Å². The second kappa shape index (κ2) is 8.86. The Balaban J connectivity index is 1.47. The molecule has 0 atom stereocenters. The highest BCUT2D eigenvalue weighted by molar-refractivity contribution is 7.98. The fraction of sp³-hybridized carbons (Fsp3) is 0.150. The highest BCUT2D eigenvalue weighted by atomic mass is 35.5. The third-order valence-electron chi connectivity index (χ3n) is 4.01. The van der Waals surface area contributed by atoms with Crippen LogP contribution in [0.4, 0.5) is 0 Å². The summed E-state index contributed by atoms with van der Waals surface area (Å²) in [6, 6.07) is 13.1. The van der Waals surface area contributed by atoms with Crippen molar-refractivity contribution in [2.45, 2.75) is 11.0 Å². The van der Waals surface area contributed by atoms with E-state index in [0.717, 1.165) is 21.8 Å². The molecule has 9 heteroatoms. The van der Waals surface area contributed by atoms with Crippen molar-refractivity contribution in [2.24, 2.45) is 0 Å². The minimum absolute atomic E-state index is 0.440. The van der Waals surface area contributed by atoms with E-state index >= 15 is 0 Å². The van der Waals surface area contributed by atoms with Crippen LogP contribution in [0.25, 0.3) is 22.0 Å². The largest absolute Gasteiger partial charge is 0.493 e. The van der Waals surface area contributed by atoms with Gasteiger partial charge < -0.3 is 13.9 Å². The Kier molecular flexibility index (Phi) is 6.03. The summed E-state index contributed by atoms with van der Waals surface area (Å²) in [5.41, 5.74) is 2.61. The van der Waals surface area contributed by atoms with Crippen LogP contribution in [0.3, 0.4) is 0 Å². The normalized spacial score (nSPS) is 10.9. The van der Waals surface area contributed by atoms with Gasteiger partial charge in [-0.25, -0.2) is 4.98 Å². The molecule has 2 heterocycles. The van der Waals surface area contributed by atoms with Gasteiger partial charge >= 0.3 is 0 Å². The summed E-state index contributed by atoms with van der Waals surface area (Å²) in [5, 5.41) is 12.2. The van der Waals surface area contributed by atoms with E-state index in [-0.39, 0.29) is 0 Å². The van der Waals surface area contributed by atoms with Crippen LogP contribution in [-0.2, 0) is 5.75 Å². The van der Waals surface area contributed by atoms with Crippen LogP contribution in [-0.4, -0.2) is 29.4 Å². The summed E-state index contributed by atoms with van der Waals surface area (Å²) in [7, 11) is 3.24. The van der Waals surface area contributed by atoms with Crippen molar-refractivity contribution in [3.8, 4) is 33.5 Å². The molecule has 2 aromatic heterocycles. The summed E-state index contributed by atoms with van der Waals surface area (Å²) >= 11 is 9.00. The number of benzene rings is 2. The summed E-state index contributed by atoms with van der Waals surface area (Å²) < 4.78 is 16.6. The molecule has 148 valence electrons. The van der Waals surface area contributed by atoms with E-state index in [1.54, 1.807) is 37.7 Å². The molecular formula is C20H16ClN3O3S2. The maximum atomic E-state index is 6.02. The lowest BCUT2D eigenvalue weighted by molar-refractivity contribution is 0.356. The zero-order chi connectivity index (χ0) is 20.2. The zero-order valence-electron chi connectivity index (χ0n) is 15.6. The molecule has 0 amide bonds.